The van der Waals surface area contributed by atoms with Gasteiger partial charge in [-0.3, -0.25) is 9.69 Å². The number of halogens is 1. The van der Waals surface area contributed by atoms with E-state index in [-0.39, 0.29) is 5.91 Å². The van der Waals surface area contributed by atoms with Crippen molar-refractivity contribution in [1.29, 1.82) is 0 Å². The highest BCUT2D eigenvalue weighted by atomic mass is 35.5. The molecule has 3 aromatic carbocycles. The van der Waals surface area contributed by atoms with Gasteiger partial charge in [-0.25, -0.2) is 4.98 Å². The monoisotopic (exact) mass is 480 g/mol. The largest absolute Gasteiger partial charge is 0.284 e. The number of rotatable bonds is 9. The molecule has 0 saturated carbocycles. The molecule has 1 amide bonds. The average Bonchev–Trinajstić information content (AvgIpc) is 3.25. The van der Waals surface area contributed by atoms with Gasteiger partial charge in [0.2, 0.25) is 5.91 Å². The fourth-order valence-corrected chi connectivity index (χ4v) is 5.42. The summed E-state index contributed by atoms with van der Waals surface area (Å²) in [5, 5.41) is 1.51. The molecule has 0 saturated heterocycles. The van der Waals surface area contributed by atoms with Crippen LogP contribution in [0, 0.1) is 0 Å². The number of hydrogen-bond donors (Lipinski definition) is 0. The summed E-state index contributed by atoms with van der Waals surface area (Å²) in [6.45, 7) is 2.68. The Morgan fingerprint density at radius 1 is 1.03 bits per heavy atom. The van der Waals surface area contributed by atoms with Crippen LogP contribution in [-0.4, -0.2) is 16.6 Å². The van der Waals surface area contributed by atoms with Crippen LogP contribution < -0.4 is 4.90 Å². The van der Waals surface area contributed by atoms with Crippen molar-refractivity contribution in [2.24, 2.45) is 0 Å². The summed E-state index contributed by atoms with van der Waals surface area (Å²) in [4.78, 5) is 21.1. The predicted molar refractivity (Wildman–Crippen MR) is 138 cm³/mol. The van der Waals surface area contributed by atoms with Crippen molar-refractivity contribution in [3.63, 3.8) is 0 Å². The van der Waals surface area contributed by atoms with Crippen LogP contribution in [0.3, 0.4) is 0 Å². The van der Waals surface area contributed by atoms with Gasteiger partial charge in [-0.05, 0) is 66.1 Å². The molecule has 0 aliphatic carbocycles. The van der Waals surface area contributed by atoms with Crippen molar-refractivity contribution in [1.82, 2.24) is 4.98 Å². The second-order valence-electron chi connectivity index (χ2n) is 7.52. The van der Waals surface area contributed by atoms with Gasteiger partial charge in [-0.1, -0.05) is 66.3 Å². The number of fused-ring (bicyclic) bond motifs is 1. The lowest BCUT2D eigenvalue weighted by Gasteiger charge is -2.20. The van der Waals surface area contributed by atoms with E-state index in [1.165, 1.54) is 10.5 Å². The number of anilines is 1. The minimum absolute atomic E-state index is 0.111. The van der Waals surface area contributed by atoms with Crippen molar-refractivity contribution < 1.29 is 4.79 Å². The van der Waals surface area contributed by atoms with E-state index in [9.17, 15) is 4.79 Å². The van der Waals surface area contributed by atoms with Crippen molar-refractivity contribution in [2.75, 3.05) is 10.7 Å². The molecule has 0 unspecified atom stereocenters. The molecule has 164 valence electrons. The predicted octanol–water partition coefficient (Wildman–Crippen LogP) is 7.62. The molecule has 0 fully saturated rings. The lowest BCUT2D eigenvalue weighted by Crippen LogP contribution is -2.30. The minimum Gasteiger partial charge on any atom is -0.284 e. The number of aromatic nitrogens is 1. The van der Waals surface area contributed by atoms with E-state index in [2.05, 4.69) is 37.3 Å². The second-order valence-corrected chi connectivity index (χ2v) is 10.1. The Kier molecular flexibility index (Phi) is 7.85. The van der Waals surface area contributed by atoms with Gasteiger partial charge >= 0.3 is 0 Å². The van der Waals surface area contributed by atoms with Crippen LogP contribution in [0.25, 0.3) is 10.2 Å². The van der Waals surface area contributed by atoms with Crippen molar-refractivity contribution in [2.45, 2.75) is 37.6 Å². The molecule has 0 atom stereocenters. The molecular formula is C26H25ClN2OS2. The topological polar surface area (TPSA) is 33.2 Å². The van der Waals surface area contributed by atoms with Gasteiger partial charge in [0.1, 0.15) is 0 Å². The number of thiazole rings is 1. The van der Waals surface area contributed by atoms with Gasteiger partial charge < -0.3 is 0 Å². The second kappa shape index (κ2) is 11.0. The molecule has 0 spiro atoms. The van der Waals surface area contributed by atoms with E-state index in [0.29, 0.717) is 13.0 Å². The lowest BCUT2D eigenvalue weighted by atomic mass is 10.2. The number of amides is 1. The Morgan fingerprint density at radius 3 is 2.56 bits per heavy atom. The Hall–Kier alpha value is -2.34. The zero-order chi connectivity index (χ0) is 22.3. The van der Waals surface area contributed by atoms with Gasteiger partial charge in [0.05, 0.1) is 16.8 Å². The maximum absolute atomic E-state index is 13.3. The van der Waals surface area contributed by atoms with E-state index in [1.807, 2.05) is 47.4 Å². The standard InChI is InChI=1S/C26H25ClN2OS2/c1-2-19-10-15-23-24(17-19)32-26(28-23)29(18-20-7-4-3-5-8-20)25(30)9-6-16-31-22-13-11-21(27)12-14-22/h3-5,7-8,10-15,17H,2,6,9,16,18H2,1H3. The molecule has 0 radical (unpaired) electrons. The number of nitrogens with zero attached hydrogens (tertiary/aromatic N) is 2. The van der Waals surface area contributed by atoms with E-state index >= 15 is 0 Å². The van der Waals surface area contributed by atoms with E-state index in [4.69, 9.17) is 16.6 Å². The summed E-state index contributed by atoms with van der Waals surface area (Å²) in [6.07, 6.45) is 2.28. The summed E-state index contributed by atoms with van der Waals surface area (Å²) in [7, 11) is 0. The Bertz CT molecular complexity index is 1180. The van der Waals surface area contributed by atoms with Crippen LogP contribution in [-0.2, 0) is 17.8 Å². The molecule has 0 bridgehead atoms. The highest BCUT2D eigenvalue weighted by molar-refractivity contribution is 7.99. The third-order valence-corrected chi connectivity index (χ3v) is 7.57. The van der Waals surface area contributed by atoms with Crippen LogP contribution >= 0.6 is 34.7 Å². The molecule has 6 heteroatoms. The lowest BCUT2D eigenvalue weighted by molar-refractivity contribution is -0.118. The molecule has 1 heterocycles. The molecule has 4 rings (SSSR count). The fourth-order valence-electron chi connectivity index (χ4n) is 3.40. The third kappa shape index (κ3) is 5.91. The first-order valence-corrected chi connectivity index (χ1v) is 12.9. The zero-order valence-corrected chi connectivity index (χ0v) is 20.3. The van der Waals surface area contributed by atoms with Crippen molar-refractivity contribution >= 4 is 56.0 Å². The Morgan fingerprint density at radius 2 is 1.81 bits per heavy atom. The Balaban J connectivity index is 1.47. The molecule has 0 aliphatic rings. The first-order chi connectivity index (χ1) is 15.6. The zero-order valence-electron chi connectivity index (χ0n) is 18.0. The third-order valence-electron chi connectivity index (χ3n) is 5.18. The van der Waals surface area contributed by atoms with Gasteiger partial charge in [-0.15, -0.1) is 11.8 Å². The van der Waals surface area contributed by atoms with Crippen LogP contribution in [0.1, 0.15) is 30.9 Å². The van der Waals surface area contributed by atoms with Crippen LogP contribution in [0.2, 0.25) is 5.02 Å². The highest BCUT2D eigenvalue weighted by Crippen LogP contribution is 2.31. The normalized spacial score (nSPS) is 11.1. The van der Waals surface area contributed by atoms with Gasteiger partial charge in [0, 0.05) is 16.3 Å². The molecule has 1 aromatic heterocycles. The van der Waals surface area contributed by atoms with Crippen LogP contribution in [0.4, 0.5) is 5.13 Å². The fraction of sp³-hybridized carbons (Fsp3) is 0.231. The Labute approximate surface area is 202 Å². The summed E-state index contributed by atoms with van der Waals surface area (Å²) < 4.78 is 1.13. The summed E-state index contributed by atoms with van der Waals surface area (Å²) in [6, 6.07) is 24.3. The summed E-state index contributed by atoms with van der Waals surface area (Å²) in [5.41, 5.74) is 3.34. The highest BCUT2D eigenvalue weighted by Gasteiger charge is 2.20. The maximum atomic E-state index is 13.3. The van der Waals surface area contributed by atoms with Gasteiger partial charge in [0.15, 0.2) is 5.13 Å². The number of benzene rings is 3. The van der Waals surface area contributed by atoms with Crippen molar-refractivity contribution in [3.8, 4) is 0 Å². The van der Waals surface area contributed by atoms with Gasteiger partial charge in [0.25, 0.3) is 0 Å². The number of thioether (sulfide) groups is 1. The molecule has 0 N–H and O–H groups in total. The van der Waals surface area contributed by atoms with E-state index in [1.54, 1.807) is 23.1 Å². The van der Waals surface area contributed by atoms with E-state index in [0.717, 1.165) is 44.5 Å². The van der Waals surface area contributed by atoms with Crippen LogP contribution in [0.5, 0.6) is 0 Å². The van der Waals surface area contributed by atoms with E-state index < -0.39 is 0 Å². The molecule has 4 aromatic rings. The van der Waals surface area contributed by atoms with Crippen LogP contribution in [0.15, 0.2) is 77.7 Å². The maximum Gasteiger partial charge on any atom is 0.229 e. The van der Waals surface area contributed by atoms with Crippen molar-refractivity contribution in [3.05, 3.63) is 88.9 Å². The average molecular weight is 481 g/mol. The van der Waals surface area contributed by atoms with Gasteiger partial charge in [-0.2, -0.15) is 0 Å². The molecular weight excluding hydrogens is 456 g/mol. The molecule has 0 aliphatic heterocycles. The first-order valence-electron chi connectivity index (χ1n) is 10.7. The SMILES string of the molecule is CCc1ccc2nc(N(Cc3ccccc3)C(=O)CCCSc3ccc(Cl)cc3)sc2c1. The first kappa shape index (κ1) is 22.8. The minimum atomic E-state index is 0.111. The number of carbonyl (C=O) groups excluding carboxylic acids is 1. The number of aryl methyl sites for hydroxylation is 1. The quantitative estimate of drug-likeness (QED) is 0.182. The number of hydrogen-bond acceptors (Lipinski definition) is 4. The smallest absolute Gasteiger partial charge is 0.229 e. The summed E-state index contributed by atoms with van der Waals surface area (Å²) in [5.74, 6) is 0.993. The molecule has 3 nitrogen and oxygen atoms in total. The number of carbonyl (C=O) groups is 1. The summed E-state index contributed by atoms with van der Waals surface area (Å²) >= 11 is 9.30. The molecule has 32 heavy (non-hydrogen) atoms.